The predicted molar refractivity (Wildman–Crippen MR) is 68.9 cm³/mol. The maximum Gasteiger partial charge on any atom is 0.249 e. The van der Waals surface area contributed by atoms with E-state index in [9.17, 15) is 9.59 Å². The lowest BCUT2D eigenvalue weighted by Gasteiger charge is -2.32. The fraction of sp³-hybridized carbons (Fsp3) is 0.692. The quantitative estimate of drug-likeness (QED) is 0.673. The molecule has 2 rings (SSSR count). The number of hydrogen-bond acceptors (Lipinski definition) is 3. The highest BCUT2D eigenvalue weighted by atomic mass is 16.2. The van der Waals surface area contributed by atoms with Crippen LogP contribution in [0.5, 0.6) is 0 Å². The molecule has 0 atom stereocenters. The van der Waals surface area contributed by atoms with Crippen LogP contribution in [-0.4, -0.2) is 49.9 Å². The first-order valence-corrected chi connectivity index (χ1v) is 6.53. The van der Waals surface area contributed by atoms with Gasteiger partial charge in [-0.2, -0.15) is 0 Å². The molecule has 2 heterocycles. The second-order valence-electron chi connectivity index (χ2n) is 5.01. The zero-order chi connectivity index (χ0) is 13.1. The summed E-state index contributed by atoms with van der Waals surface area (Å²) in [4.78, 5) is 25.6. The molecule has 2 N–H and O–H groups in total. The van der Waals surface area contributed by atoms with E-state index >= 15 is 0 Å². The largest absolute Gasteiger partial charge is 0.359 e. The topological polar surface area (TPSA) is 61.4 Å². The molecule has 2 saturated heterocycles. The van der Waals surface area contributed by atoms with Crippen LogP contribution in [0.1, 0.15) is 19.8 Å². The van der Waals surface area contributed by atoms with Gasteiger partial charge in [0.1, 0.15) is 0 Å². The third-order valence-corrected chi connectivity index (χ3v) is 3.93. The van der Waals surface area contributed by atoms with Gasteiger partial charge in [0.25, 0.3) is 0 Å². The molecule has 2 fully saturated rings. The lowest BCUT2D eigenvalue weighted by molar-refractivity contribution is -0.132. The molecule has 0 bridgehead atoms. The number of carbonyl (C=O) groups is 2. The molecule has 0 radical (unpaired) electrons. The summed E-state index contributed by atoms with van der Waals surface area (Å²) in [5, 5.41) is 5.83. The molecule has 2 amide bonds. The van der Waals surface area contributed by atoms with Gasteiger partial charge in [-0.3, -0.25) is 9.59 Å². The first-order chi connectivity index (χ1) is 8.63. The third-order valence-electron chi connectivity index (χ3n) is 3.93. The Balaban J connectivity index is 1.90. The monoisotopic (exact) mass is 251 g/mol. The fourth-order valence-corrected chi connectivity index (χ4v) is 2.45. The van der Waals surface area contributed by atoms with Crippen LogP contribution in [-0.2, 0) is 9.59 Å². The van der Waals surface area contributed by atoms with Gasteiger partial charge < -0.3 is 15.5 Å². The van der Waals surface area contributed by atoms with E-state index in [1.165, 1.54) is 5.57 Å². The van der Waals surface area contributed by atoms with Crippen molar-refractivity contribution in [2.45, 2.75) is 19.8 Å². The van der Waals surface area contributed by atoms with E-state index in [-0.39, 0.29) is 17.7 Å². The van der Waals surface area contributed by atoms with E-state index in [1.807, 2.05) is 11.8 Å². The zero-order valence-corrected chi connectivity index (χ0v) is 11.1. The van der Waals surface area contributed by atoms with Crippen LogP contribution in [0, 0.1) is 5.92 Å². The number of hydrogen-bond donors (Lipinski definition) is 2. The molecule has 0 aliphatic carbocycles. The minimum atomic E-state index is 0.0670. The Morgan fingerprint density at radius 2 is 1.89 bits per heavy atom. The van der Waals surface area contributed by atoms with Gasteiger partial charge in [0.15, 0.2) is 0 Å². The Morgan fingerprint density at radius 1 is 1.28 bits per heavy atom. The number of nitrogens with zero attached hydrogens (tertiary/aromatic N) is 1. The fourth-order valence-electron chi connectivity index (χ4n) is 2.45. The highest BCUT2D eigenvalue weighted by Crippen LogP contribution is 2.20. The molecule has 0 spiro atoms. The van der Waals surface area contributed by atoms with Gasteiger partial charge in [0.05, 0.1) is 0 Å². The maximum atomic E-state index is 12.2. The minimum Gasteiger partial charge on any atom is -0.359 e. The Morgan fingerprint density at radius 3 is 2.33 bits per heavy atom. The first kappa shape index (κ1) is 13.1. The van der Waals surface area contributed by atoms with Crippen molar-refractivity contribution >= 4 is 11.8 Å². The standard InChI is InChI=1S/C13H21N3O2/c1-9(11-7-15-8-11)13(18)16-5-3-10(4-6-16)12(17)14-2/h10,15H,3-8H2,1-2H3,(H,14,17). The molecule has 5 nitrogen and oxygen atoms in total. The van der Waals surface area contributed by atoms with E-state index < -0.39 is 0 Å². The molecule has 0 saturated carbocycles. The second-order valence-corrected chi connectivity index (χ2v) is 5.01. The van der Waals surface area contributed by atoms with Gasteiger partial charge in [-0.05, 0) is 25.3 Å². The zero-order valence-electron chi connectivity index (χ0n) is 11.1. The average molecular weight is 251 g/mol. The van der Waals surface area contributed by atoms with Crippen molar-refractivity contribution < 1.29 is 9.59 Å². The SMILES string of the molecule is CNC(=O)C1CCN(C(=O)C(C)=C2CNC2)CC1. The minimum absolute atomic E-state index is 0.0670. The van der Waals surface area contributed by atoms with Crippen molar-refractivity contribution in [2.75, 3.05) is 33.2 Å². The Labute approximate surface area is 108 Å². The van der Waals surface area contributed by atoms with Crippen molar-refractivity contribution in [2.24, 2.45) is 5.92 Å². The van der Waals surface area contributed by atoms with Crippen LogP contribution in [0.2, 0.25) is 0 Å². The highest BCUT2D eigenvalue weighted by molar-refractivity contribution is 5.94. The number of amides is 2. The van der Waals surface area contributed by atoms with Crippen molar-refractivity contribution in [3.05, 3.63) is 11.1 Å². The summed E-state index contributed by atoms with van der Waals surface area (Å²) in [7, 11) is 1.66. The lowest BCUT2D eigenvalue weighted by atomic mass is 9.95. The molecule has 0 aromatic rings. The summed E-state index contributed by atoms with van der Waals surface area (Å²) in [5.41, 5.74) is 2.10. The van der Waals surface area contributed by atoms with Gasteiger partial charge >= 0.3 is 0 Å². The van der Waals surface area contributed by atoms with Crippen molar-refractivity contribution in [1.29, 1.82) is 0 Å². The van der Waals surface area contributed by atoms with Crippen molar-refractivity contribution in [3.8, 4) is 0 Å². The van der Waals surface area contributed by atoms with Gasteiger partial charge in [0, 0.05) is 44.7 Å². The third kappa shape index (κ3) is 2.56. The van der Waals surface area contributed by atoms with Gasteiger partial charge in [0.2, 0.25) is 11.8 Å². The molecule has 0 aromatic heterocycles. The van der Waals surface area contributed by atoms with Crippen molar-refractivity contribution in [1.82, 2.24) is 15.5 Å². The molecule has 2 aliphatic rings. The van der Waals surface area contributed by atoms with Crippen LogP contribution in [0.25, 0.3) is 0 Å². The molecule has 100 valence electrons. The summed E-state index contributed by atoms with van der Waals surface area (Å²) < 4.78 is 0. The van der Waals surface area contributed by atoms with Crippen molar-refractivity contribution in [3.63, 3.8) is 0 Å². The molecule has 5 heteroatoms. The van der Waals surface area contributed by atoms with Crippen LogP contribution in [0.15, 0.2) is 11.1 Å². The summed E-state index contributed by atoms with van der Waals surface area (Å²) >= 11 is 0. The maximum absolute atomic E-state index is 12.2. The van der Waals surface area contributed by atoms with Gasteiger partial charge in [-0.25, -0.2) is 0 Å². The second kappa shape index (κ2) is 5.52. The Bertz CT molecular complexity index is 376. The number of nitrogens with one attached hydrogen (secondary N) is 2. The number of rotatable bonds is 2. The van der Waals surface area contributed by atoms with E-state index in [2.05, 4.69) is 10.6 Å². The van der Waals surface area contributed by atoms with Crippen LogP contribution < -0.4 is 10.6 Å². The predicted octanol–water partition coefficient (Wildman–Crippen LogP) is -0.109. The van der Waals surface area contributed by atoms with Gasteiger partial charge in [-0.1, -0.05) is 0 Å². The molecule has 18 heavy (non-hydrogen) atoms. The van der Waals surface area contributed by atoms with E-state index in [0.717, 1.165) is 31.5 Å². The lowest BCUT2D eigenvalue weighted by Crippen LogP contribution is -2.44. The van der Waals surface area contributed by atoms with E-state index in [1.54, 1.807) is 7.05 Å². The van der Waals surface area contributed by atoms with Crippen LogP contribution in [0.4, 0.5) is 0 Å². The molecule has 0 unspecified atom stereocenters. The van der Waals surface area contributed by atoms with E-state index in [0.29, 0.717) is 13.1 Å². The number of likely N-dealkylation sites (tertiary alicyclic amines) is 1. The summed E-state index contributed by atoms with van der Waals surface area (Å²) in [6.07, 6.45) is 1.54. The van der Waals surface area contributed by atoms with Crippen LogP contribution in [0.3, 0.4) is 0 Å². The summed E-state index contributed by atoms with van der Waals surface area (Å²) in [6, 6.07) is 0. The molecule has 2 aliphatic heterocycles. The number of carbonyl (C=O) groups excluding carboxylic acids is 2. The normalized spacial score (nSPS) is 20.3. The first-order valence-electron chi connectivity index (χ1n) is 6.53. The summed E-state index contributed by atoms with van der Waals surface area (Å²) in [5.74, 6) is 0.305. The average Bonchev–Trinajstić information content (AvgIpc) is 2.35. The Kier molecular flexibility index (Phi) is 4.01. The molecule has 0 aromatic carbocycles. The highest BCUT2D eigenvalue weighted by Gasteiger charge is 2.28. The molecular weight excluding hydrogens is 230 g/mol. The van der Waals surface area contributed by atoms with Gasteiger partial charge in [-0.15, -0.1) is 0 Å². The summed E-state index contributed by atoms with van der Waals surface area (Å²) in [6.45, 7) is 4.96. The number of piperidine rings is 1. The molecular formula is C13H21N3O2. The van der Waals surface area contributed by atoms with E-state index in [4.69, 9.17) is 0 Å². The smallest absolute Gasteiger partial charge is 0.249 e. The Hall–Kier alpha value is -1.36. The van der Waals surface area contributed by atoms with Crippen LogP contribution >= 0.6 is 0 Å².